The van der Waals surface area contributed by atoms with Crippen molar-refractivity contribution in [2.45, 2.75) is 11.8 Å². The molecule has 0 radical (unpaired) electrons. The largest absolute Gasteiger partial charge is 0.289 e. The van der Waals surface area contributed by atoms with E-state index in [9.17, 15) is 13.2 Å². The van der Waals surface area contributed by atoms with Gasteiger partial charge in [0, 0.05) is 12.4 Å². The highest BCUT2D eigenvalue weighted by Crippen LogP contribution is 2.28. The Balaban J connectivity index is 2.08. The van der Waals surface area contributed by atoms with Crippen LogP contribution in [0.15, 0.2) is 78.0 Å². The van der Waals surface area contributed by atoms with E-state index in [1.165, 1.54) is 17.6 Å². The highest BCUT2D eigenvalue weighted by molar-refractivity contribution is 7.92. The van der Waals surface area contributed by atoms with Crippen molar-refractivity contribution in [1.82, 2.24) is 10.5 Å². The first-order chi connectivity index (χ1) is 14.4. The normalized spacial score (nSPS) is 11.4. The monoisotopic (exact) mass is 423 g/mol. The number of hydrogen-bond acceptors (Lipinski definition) is 5. The molecule has 0 bridgehead atoms. The molecule has 2 aromatic carbocycles. The van der Waals surface area contributed by atoms with Crippen molar-refractivity contribution in [3.05, 3.63) is 89.7 Å². The second kappa shape index (κ2) is 9.34. The summed E-state index contributed by atoms with van der Waals surface area (Å²) in [5.41, 5.74) is 4.21. The Bertz CT molecular complexity index is 1140. The number of nitrogens with zero attached hydrogens (tertiary/aromatic N) is 2. The molecule has 3 aromatic rings. The molecule has 0 atom stereocenters. The van der Waals surface area contributed by atoms with Gasteiger partial charge in [0.1, 0.15) is 6.54 Å². The number of carbonyl (C=O) groups excluding carboxylic acids is 1. The van der Waals surface area contributed by atoms with Crippen LogP contribution in [0.5, 0.6) is 0 Å². The number of amides is 1. The van der Waals surface area contributed by atoms with E-state index >= 15 is 0 Å². The van der Waals surface area contributed by atoms with Gasteiger partial charge in [-0.05, 0) is 48.4 Å². The molecule has 1 heterocycles. The molecule has 0 aliphatic heterocycles. The Hall–Kier alpha value is -3.49. The molecule has 0 saturated carbocycles. The molecule has 2 N–H and O–H groups in total. The van der Waals surface area contributed by atoms with Gasteiger partial charge in [-0.1, -0.05) is 48.0 Å². The lowest BCUT2D eigenvalue weighted by molar-refractivity contribution is -0.127. The number of sulfonamides is 1. The summed E-state index contributed by atoms with van der Waals surface area (Å²) >= 11 is 0. The smallest absolute Gasteiger partial charge is 0.264 e. The molecule has 8 heteroatoms. The van der Waals surface area contributed by atoms with Gasteiger partial charge in [0.2, 0.25) is 0 Å². The highest BCUT2D eigenvalue weighted by Gasteiger charge is 2.28. The van der Waals surface area contributed by atoms with Gasteiger partial charge in [-0.2, -0.15) is 0 Å². The number of carbonyl (C=O) groups is 1. The first kappa shape index (κ1) is 21.2. The Morgan fingerprint density at radius 1 is 1.03 bits per heavy atom. The number of pyridine rings is 1. The van der Waals surface area contributed by atoms with Gasteiger partial charge in [0.05, 0.1) is 10.6 Å². The number of para-hydroxylation sites is 1. The summed E-state index contributed by atoms with van der Waals surface area (Å²) in [6.45, 7) is 1.28. The van der Waals surface area contributed by atoms with Crippen LogP contribution >= 0.6 is 0 Å². The van der Waals surface area contributed by atoms with E-state index in [0.717, 1.165) is 15.4 Å². The summed E-state index contributed by atoms with van der Waals surface area (Å²) < 4.78 is 27.7. The Morgan fingerprint density at radius 2 is 1.70 bits per heavy atom. The lowest BCUT2D eigenvalue weighted by atomic mass is 10.1. The van der Waals surface area contributed by atoms with Crippen LogP contribution in [-0.4, -0.2) is 31.1 Å². The maximum Gasteiger partial charge on any atom is 0.264 e. The summed E-state index contributed by atoms with van der Waals surface area (Å²) in [5, 5.41) is 8.98. The fourth-order valence-electron chi connectivity index (χ4n) is 2.82. The minimum Gasteiger partial charge on any atom is -0.289 e. The van der Waals surface area contributed by atoms with Crippen LogP contribution in [0.1, 0.15) is 16.7 Å². The van der Waals surface area contributed by atoms with Crippen LogP contribution < -0.4 is 9.79 Å². The van der Waals surface area contributed by atoms with Crippen molar-refractivity contribution < 1.29 is 18.4 Å². The van der Waals surface area contributed by atoms with Crippen LogP contribution in [-0.2, 0) is 14.8 Å². The molecule has 0 saturated heterocycles. The van der Waals surface area contributed by atoms with Crippen molar-refractivity contribution in [2.75, 3.05) is 10.8 Å². The second-order valence-electron chi connectivity index (χ2n) is 6.53. The molecule has 0 fully saturated rings. The predicted molar refractivity (Wildman–Crippen MR) is 115 cm³/mol. The molecule has 1 amide bonds. The molecule has 7 nitrogen and oxygen atoms in total. The molecular weight excluding hydrogens is 402 g/mol. The summed E-state index contributed by atoms with van der Waals surface area (Å²) in [6.07, 6.45) is 6.90. The summed E-state index contributed by atoms with van der Waals surface area (Å²) in [5.74, 6) is -0.849. The number of hydrogen-bond donors (Lipinski definition) is 2. The number of benzene rings is 2. The summed E-state index contributed by atoms with van der Waals surface area (Å²) in [7, 11) is -4.06. The van der Waals surface area contributed by atoms with Crippen LogP contribution in [0.4, 0.5) is 5.69 Å². The zero-order valence-electron chi connectivity index (χ0n) is 16.3. The first-order valence-corrected chi connectivity index (χ1v) is 10.6. The van der Waals surface area contributed by atoms with Gasteiger partial charge in [-0.25, -0.2) is 13.9 Å². The third kappa shape index (κ3) is 4.91. The molecule has 0 unspecified atom stereocenters. The zero-order chi connectivity index (χ0) is 21.6. The minimum atomic E-state index is -4.06. The van der Waals surface area contributed by atoms with E-state index in [2.05, 4.69) is 4.98 Å². The third-order valence-corrected chi connectivity index (χ3v) is 6.16. The van der Waals surface area contributed by atoms with Gasteiger partial charge in [0.15, 0.2) is 0 Å². The molecule has 0 aliphatic carbocycles. The molecule has 0 aliphatic rings. The standard InChI is InChI=1S/C22H21N3O4S/c1-17-6-10-20(11-7-17)30(28,29)25(16-22(26)24-27)21-5-3-2-4-19(21)9-8-18-12-14-23-15-13-18/h2-15,27H,16H2,1H3,(H,24,26)/b9-8+. The topological polar surface area (TPSA) is 99.6 Å². The Morgan fingerprint density at radius 3 is 2.37 bits per heavy atom. The number of aryl methyl sites for hydroxylation is 1. The predicted octanol–water partition coefficient (Wildman–Crippen LogP) is 3.26. The Kier molecular flexibility index (Phi) is 6.61. The van der Waals surface area contributed by atoms with Gasteiger partial charge in [-0.15, -0.1) is 0 Å². The van der Waals surface area contributed by atoms with Crippen LogP contribution in [0.2, 0.25) is 0 Å². The lowest BCUT2D eigenvalue weighted by Gasteiger charge is -2.25. The Labute approximate surface area is 175 Å². The van der Waals surface area contributed by atoms with E-state index in [4.69, 9.17) is 5.21 Å². The summed E-state index contributed by atoms with van der Waals surface area (Å²) in [6, 6.07) is 16.8. The van der Waals surface area contributed by atoms with E-state index in [-0.39, 0.29) is 4.90 Å². The van der Waals surface area contributed by atoms with Gasteiger partial charge in [-0.3, -0.25) is 19.3 Å². The first-order valence-electron chi connectivity index (χ1n) is 9.11. The van der Waals surface area contributed by atoms with Gasteiger partial charge >= 0.3 is 0 Å². The van der Waals surface area contributed by atoms with E-state index < -0.39 is 22.5 Å². The number of aromatic nitrogens is 1. The van der Waals surface area contributed by atoms with Crippen molar-refractivity contribution in [1.29, 1.82) is 0 Å². The summed E-state index contributed by atoms with van der Waals surface area (Å²) in [4.78, 5) is 15.9. The van der Waals surface area contributed by atoms with Crippen LogP contribution in [0.3, 0.4) is 0 Å². The van der Waals surface area contributed by atoms with Crippen molar-refractivity contribution >= 4 is 33.8 Å². The molecule has 3 rings (SSSR count). The number of rotatable bonds is 7. The van der Waals surface area contributed by atoms with Crippen molar-refractivity contribution in [3.8, 4) is 0 Å². The zero-order valence-corrected chi connectivity index (χ0v) is 17.1. The maximum atomic E-state index is 13.4. The van der Waals surface area contributed by atoms with Gasteiger partial charge in [0.25, 0.3) is 15.9 Å². The SMILES string of the molecule is Cc1ccc(S(=O)(=O)N(CC(=O)NO)c2ccccc2/C=C/c2ccncc2)cc1. The number of hydroxylamine groups is 1. The van der Waals surface area contributed by atoms with Crippen LogP contribution in [0, 0.1) is 6.92 Å². The minimum absolute atomic E-state index is 0.0479. The third-order valence-electron chi connectivity index (χ3n) is 4.39. The maximum absolute atomic E-state index is 13.4. The molecule has 154 valence electrons. The van der Waals surface area contributed by atoms with Crippen molar-refractivity contribution in [3.63, 3.8) is 0 Å². The lowest BCUT2D eigenvalue weighted by Crippen LogP contribution is -2.40. The van der Waals surface area contributed by atoms with Gasteiger partial charge < -0.3 is 0 Å². The van der Waals surface area contributed by atoms with E-state index in [0.29, 0.717) is 11.3 Å². The van der Waals surface area contributed by atoms with Crippen molar-refractivity contribution in [2.24, 2.45) is 0 Å². The average molecular weight is 423 g/mol. The molecule has 1 aromatic heterocycles. The van der Waals surface area contributed by atoms with Crippen LogP contribution in [0.25, 0.3) is 12.2 Å². The highest BCUT2D eigenvalue weighted by atomic mass is 32.2. The fourth-order valence-corrected chi connectivity index (χ4v) is 4.27. The number of nitrogens with one attached hydrogen (secondary N) is 1. The second-order valence-corrected chi connectivity index (χ2v) is 8.39. The quantitative estimate of drug-likeness (QED) is 0.449. The molecule has 0 spiro atoms. The number of anilines is 1. The van der Waals surface area contributed by atoms with E-state index in [1.54, 1.807) is 54.9 Å². The average Bonchev–Trinajstić information content (AvgIpc) is 2.77. The molecule has 30 heavy (non-hydrogen) atoms. The fraction of sp³-hybridized carbons (Fsp3) is 0.0909. The van der Waals surface area contributed by atoms with E-state index in [1.807, 2.05) is 25.1 Å². The molecular formula is C22H21N3O4S.